The number of phosphoric ester groups is 2. The molecule has 0 bridgehead atoms. The number of carbonyl (C=O) groups is 4. The van der Waals surface area contributed by atoms with Gasteiger partial charge in [0.1, 0.15) is 19.3 Å². The molecule has 0 rings (SSSR count). The highest BCUT2D eigenvalue weighted by Gasteiger charge is 2.30. The molecule has 5 atom stereocenters. The Kier molecular flexibility index (Phi) is 55.0. The fraction of sp³-hybridized carbons (Fsp3) is 0.938. The molecule has 0 aliphatic carbocycles. The molecule has 0 aromatic carbocycles. The minimum atomic E-state index is -4.94. The van der Waals surface area contributed by atoms with Crippen molar-refractivity contribution < 1.29 is 80.2 Å². The number of hydrogen-bond donors (Lipinski definition) is 3. The van der Waals surface area contributed by atoms with Crippen molar-refractivity contribution in [2.75, 3.05) is 39.6 Å². The summed E-state index contributed by atoms with van der Waals surface area (Å²) in [4.78, 5) is 71.9. The van der Waals surface area contributed by atoms with Crippen LogP contribution in [0.1, 0.15) is 318 Å². The van der Waals surface area contributed by atoms with Crippen LogP contribution in [0.2, 0.25) is 0 Å². The number of ether oxygens (including phenoxy) is 4. The molecule has 0 amide bonds. The van der Waals surface area contributed by atoms with Crippen molar-refractivity contribution in [3.63, 3.8) is 0 Å². The van der Waals surface area contributed by atoms with Gasteiger partial charge in [0.2, 0.25) is 0 Å². The molecule has 0 saturated carbocycles. The van der Waals surface area contributed by atoms with Gasteiger partial charge < -0.3 is 33.8 Å². The summed E-state index contributed by atoms with van der Waals surface area (Å²) < 4.78 is 67.7. The molecule has 0 saturated heterocycles. The molecule has 0 fully saturated rings. The smallest absolute Gasteiger partial charge is 0.462 e. The molecule has 0 aliphatic heterocycles. The summed E-state index contributed by atoms with van der Waals surface area (Å²) in [6.07, 6.45) is 38.5. The van der Waals surface area contributed by atoms with Crippen LogP contribution in [0.3, 0.4) is 0 Å². The van der Waals surface area contributed by atoms with E-state index in [-0.39, 0.29) is 25.7 Å². The van der Waals surface area contributed by atoms with Gasteiger partial charge in [-0.15, -0.1) is 0 Å². The number of aliphatic hydroxyl groups excluding tert-OH is 1. The van der Waals surface area contributed by atoms with Crippen LogP contribution >= 0.6 is 15.6 Å². The molecule has 0 aromatic rings. The Morgan fingerprint density at radius 3 is 0.810 bits per heavy atom. The molecule has 84 heavy (non-hydrogen) atoms. The van der Waals surface area contributed by atoms with Crippen molar-refractivity contribution >= 4 is 39.5 Å². The Morgan fingerprint density at radius 1 is 0.321 bits per heavy atom. The van der Waals surface area contributed by atoms with Gasteiger partial charge in [0.15, 0.2) is 12.2 Å². The lowest BCUT2D eigenvalue weighted by molar-refractivity contribution is -0.161. The normalized spacial score (nSPS) is 14.3. The summed E-state index contributed by atoms with van der Waals surface area (Å²) in [6.45, 7) is 11.6. The zero-order valence-corrected chi connectivity index (χ0v) is 56.1. The van der Waals surface area contributed by atoms with E-state index in [1.54, 1.807) is 0 Å². The zero-order valence-electron chi connectivity index (χ0n) is 54.4. The summed E-state index contributed by atoms with van der Waals surface area (Å²) in [5, 5.41) is 10.5. The summed E-state index contributed by atoms with van der Waals surface area (Å²) in [5.41, 5.74) is 0. The number of esters is 4. The van der Waals surface area contributed by atoms with E-state index in [2.05, 4.69) is 48.5 Å². The predicted molar refractivity (Wildman–Crippen MR) is 335 cm³/mol. The molecule has 19 heteroatoms. The van der Waals surface area contributed by atoms with E-state index in [4.69, 9.17) is 37.0 Å². The van der Waals surface area contributed by atoms with Crippen molar-refractivity contribution in [1.29, 1.82) is 0 Å². The lowest BCUT2D eigenvalue weighted by Gasteiger charge is -2.21. The zero-order chi connectivity index (χ0) is 62.4. The van der Waals surface area contributed by atoms with E-state index in [1.807, 2.05) is 0 Å². The van der Waals surface area contributed by atoms with Crippen molar-refractivity contribution in [3.8, 4) is 0 Å². The van der Waals surface area contributed by atoms with E-state index in [0.717, 1.165) is 109 Å². The average Bonchev–Trinajstić information content (AvgIpc) is 3.49. The van der Waals surface area contributed by atoms with Crippen molar-refractivity contribution in [3.05, 3.63) is 0 Å². The number of hydrogen-bond acceptors (Lipinski definition) is 15. The van der Waals surface area contributed by atoms with E-state index in [1.165, 1.54) is 116 Å². The van der Waals surface area contributed by atoms with Gasteiger partial charge >= 0.3 is 39.5 Å². The lowest BCUT2D eigenvalue weighted by Crippen LogP contribution is -2.30. The Balaban J connectivity index is 5.06. The fourth-order valence-electron chi connectivity index (χ4n) is 9.66. The van der Waals surface area contributed by atoms with Crippen LogP contribution in [0.15, 0.2) is 0 Å². The highest BCUT2D eigenvalue weighted by molar-refractivity contribution is 7.47. The third-order valence-corrected chi connectivity index (χ3v) is 16.8. The van der Waals surface area contributed by atoms with Gasteiger partial charge in [0, 0.05) is 25.7 Å². The molecular formula is C65H126O17P2. The first-order valence-corrected chi connectivity index (χ1v) is 36.8. The van der Waals surface area contributed by atoms with Gasteiger partial charge in [-0.25, -0.2) is 9.13 Å². The number of aliphatic hydroxyl groups is 1. The second kappa shape index (κ2) is 56.3. The Bertz CT molecular complexity index is 1660. The third-order valence-electron chi connectivity index (χ3n) is 14.9. The van der Waals surface area contributed by atoms with Crippen LogP contribution in [0, 0.1) is 17.8 Å². The highest BCUT2D eigenvalue weighted by atomic mass is 31.2. The fourth-order valence-corrected chi connectivity index (χ4v) is 11.2. The Hall–Kier alpha value is -1.94. The van der Waals surface area contributed by atoms with E-state index >= 15 is 0 Å². The number of carbonyl (C=O) groups excluding carboxylic acids is 4. The molecule has 0 heterocycles. The molecule has 0 spiro atoms. The van der Waals surface area contributed by atoms with Gasteiger partial charge in [0.05, 0.1) is 26.4 Å². The van der Waals surface area contributed by atoms with Crippen LogP contribution in [-0.4, -0.2) is 96.7 Å². The second-order valence-corrected chi connectivity index (χ2v) is 27.8. The second-order valence-electron chi connectivity index (χ2n) is 24.9. The van der Waals surface area contributed by atoms with Gasteiger partial charge in [-0.3, -0.25) is 37.3 Å². The van der Waals surface area contributed by atoms with Crippen LogP contribution in [0.25, 0.3) is 0 Å². The average molecular weight is 1240 g/mol. The molecule has 2 unspecified atom stereocenters. The number of rotatable bonds is 63. The lowest BCUT2D eigenvalue weighted by atomic mass is 10.0. The first kappa shape index (κ1) is 82.1. The van der Waals surface area contributed by atoms with Crippen LogP contribution < -0.4 is 0 Å². The minimum absolute atomic E-state index is 0.101. The van der Waals surface area contributed by atoms with Crippen LogP contribution in [0.4, 0.5) is 0 Å². The summed E-state index contributed by atoms with van der Waals surface area (Å²) in [7, 11) is -9.88. The van der Waals surface area contributed by atoms with Crippen LogP contribution in [-0.2, 0) is 65.4 Å². The van der Waals surface area contributed by atoms with Gasteiger partial charge in [-0.1, -0.05) is 267 Å². The Labute approximate surface area is 511 Å². The number of unbranched alkanes of at least 4 members (excludes halogenated alkanes) is 31. The largest absolute Gasteiger partial charge is 0.472 e. The maximum atomic E-state index is 13.0. The first-order valence-electron chi connectivity index (χ1n) is 33.8. The van der Waals surface area contributed by atoms with Gasteiger partial charge in [-0.2, -0.15) is 0 Å². The first-order chi connectivity index (χ1) is 40.2. The molecule has 0 radical (unpaired) electrons. The van der Waals surface area contributed by atoms with Crippen molar-refractivity contribution in [2.24, 2.45) is 17.8 Å². The maximum Gasteiger partial charge on any atom is 0.472 e. The molecule has 0 aromatic heterocycles. The standard InChI is InChI=1S/C65H126O17P2/c1-8-9-10-29-39-46-62(67)75-52-60(82-65(70)49-42-35-28-26-32-38-45-58(6)7)54-79-83(71,72)77-50-59(66)51-78-84(73,74)80-55-61(53-76-63(68)47-40-33-27-25-31-37-44-57(4)5)81-64(69)48-41-34-24-22-20-18-16-14-12-11-13-15-17-19-21-23-30-36-43-56(2)3/h56-61,66H,8-55H2,1-7H3,(H,71,72)(H,73,74)/t59-,60+,61+/m0/s1. The third kappa shape index (κ3) is 59.0. The van der Waals surface area contributed by atoms with Crippen molar-refractivity contribution in [2.45, 2.75) is 336 Å². The quantitative estimate of drug-likeness (QED) is 0.0222. The van der Waals surface area contributed by atoms with E-state index < -0.39 is 97.5 Å². The minimum Gasteiger partial charge on any atom is -0.462 e. The molecular weight excluding hydrogens is 1110 g/mol. The number of phosphoric acid groups is 2. The predicted octanol–water partition coefficient (Wildman–Crippen LogP) is 17.9. The summed E-state index contributed by atoms with van der Waals surface area (Å²) in [5.74, 6) is 0.0173. The molecule has 0 aliphatic rings. The van der Waals surface area contributed by atoms with E-state index in [9.17, 15) is 43.2 Å². The topological polar surface area (TPSA) is 237 Å². The SMILES string of the molecule is CCCCCCCC(=O)OC[C@H](COP(=O)(O)OC[C@H](O)COP(=O)(O)OC[C@@H](COC(=O)CCCCCCCCC(C)C)OC(=O)CCCCCCCCCCCCCCCCCCCCC(C)C)OC(=O)CCCCCCCCC(C)C. The highest BCUT2D eigenvalue weighted by Crippen LogP contribution is 2.45. The van der Waals surface area contributed by atoms with Crippen LogP contribution in [0.5, 0.6) is 0 Å². The van der Waals surface area contributed by atoms with Crippen molar-refractivity contribution in [1.82, 2.24) is 0 Å². The molecule has 498 valence electrons. The van der Waals surface area contributed by atoms with E-state index in [0.29, 0.717) is 37.5 Å². The monoisotopic (exact) mass is 1240 g/mol. The van der Waals surface area contributed by atoms with Gasteiger partial charge in [0.25, 0.3) is 0 Å². The summed E-state index contributed by atoms with van der Waals surface area (Å²) >= 11 is 0. The summed E-state index contributed by atoms with van der Waals surface area (Å²) in [6, 6.07) is 0. The maximum absolute atomic E-state index is 13.0. The molecule has 3 N–H and O–H groups in total. The van der Waals surface area contributed by atoms with Gasteiger partial charge in [-0.05, 0) is 43.4 Å². The molecule has 17 nitrogen and oxygen atoms in total. The Morgan fingerprint density at radius 2 is 0.548 bits per heavy atom.